The Balaban J connectivity index is 3.95. The van der Waals surface area contributed by atoms with E-state index in [-0.39, 0.29) is 6.54 Å². The van der Waals surface area contributed by atoms with Gasteiger partial charge in [0, 0.05) is 0 Å². The predicted molar refractivity (Wildman–Crippen MR) is 33.9 cm³/mol. The maximum atomic E-state index is 10.1. The summed E-state index contributed by atoms with van der Waals surface area (Å²) in [7, 11) is 0.733. The Morgan fingerprint density at radius 3 is 2.90 bits per heavy atom. The molecule has 0 bridgehead atoms. The first kappa shape index (κ1) is 8.64. The fourth-order valence-corrected chi connectivity index (χ4v) is 0.327. The van der Waals surface area contributed by atoms with Crippen LogP contribution in [0.2, 0.25) is 5.82 Å². The minimum absolute atomic E-state index is 0.199. The van der Waals surface area contributed by atoms with E-state index < -0.39 is 11.8 Å². The van der Waals surface area contributed by atoms with Crippen LogP contribution >= 0.6 is 0 Å². The van der Waals surface area contributed by atoms with Crippen molar-refractivity contribution < 1.29 is 9.90 Å². The summed E-state index contributed by atoms with van der Waals surface area (Å²) in [5, 5.41) is 17.9. The number of rotatable bonds is 4. The van der Waals surface area contributed by atoms with Crippen LogP contribution in [0.4, 0.5) is 0 Å². The van der Waals surface area contributed by atoms with Gasteiger partial charge in [-0.3, -0.25) is 0 Å². The molecule has 0 rings (SSSR count). The van der Waals surface area contributed by atoms with Gasteiger partial charge in [0.1, 0.15) is 0 Å². The van der Waals surface area contributed by atoms with Crippen LogP contribution in [0.1, 0.15) is 0 Å². The fraction of sp³-hybridized carbons (Fsp3) is 0.667. The van der Waals surface area contributed by atoms with Crippen molar-refractivity contribution in [3.8, 4) is 0 Å². The van der Waals surface area contributed by atoms with E-state index in [4.69, 9.17) is 15.9 Å². The van der Waals surface area contributed by atoms with Gasteiger partial charge in [-0.25, -0.2) is 0 Å². The second-order valence-corrected chi connectivity index (χ2v) is 1.52. The number of azide groups is 1. The SMILES string of the molecule is [N-]=[N+]=NCC(B=N)C(=O)O. The third-order valence-electron chi connectivity index (χ3n) is 0.860. The topological polar surface area (TPSA) is 110 Å². The van der Waals surface area contributed by atoms with Crippen LogP contribution in [0.15, 0.2) is 5.11 Å². The average Bonchev–Trinajstić information content (AvgIpc) is 1.89. The summed E-state index contributed by atoms with van der Waals surface area (Å²) in [6, 6.07) is 0. The molecule has 0 saturated heterocycles. The van der Waals surface area contributed by atoms with Crippen LogP contribution in [0.25, 0.3) is 10.4 Å². The first-order valence-electron chi connectivity index (χ1n) is 2.46. The Morgan fingerprint density at radius 2 is 2.60 bits per heavy atom. The van der Waals surface area contributed by atoms with E-state index in [1.807, 2.05) is 0 Å². The number of carbonyl (C=O) groups is 1. The van der Waals surface area contributed by atoms with Crippen molar-refractivity contribution in [2.75, 3.05) is 6.54 Å². The van der Waals surface area contributed by atoms with Crippen molar-refractivity contribution in [2.24, 2.45) is 5.11 Å². The number of hydrogen-bond acceptors (Lipinski definition) is 3. The van der Waals surface area contributed by atoms with Gasteiger partial charge in [0.2, 0.25) is 0 Å². The molecule has 0 aromatic rings. The summed E-state index contributed by atoms with van der Waals surface area (Å²) >= 11 is 0. The number of carboxylic acids is 1. The number of carboxylic acid groups (broad SMARTS) is 1. The Hall–Kier alpha value is -1.36. The molecule has 0 aliphatic carbocycles. The van der Waals surface area contributed by atoms with Crippen LogP contribution in [-0.2, 0) is 4.79 Å². The molecule has 1 atom stereocenters. The van der Waals surface area contributed by atoms with E-state index in [0.29, 0.717) is 0 Å². The first-order valence-corrected chi connectivity index (χ1v) is 2.46. The molecule has 52 valence electrons. The molecule has 0 aliphatic heterocycles. The molecular weight excluding hydrogens is 135 g/mol. The second kappa shape index (κ2) is 4.52. The second-order valence-electron chi connectivity index (χ2n) is 1.52. The summed E-state index contributed by atoms with van der Waals surface area (Å²) < 4.78 is 0. The number of hydrogen-bond donors (Lipinski definition) is 2. The van der Waals surface area contributed by atoms with Gasteiger partial charge in [-0.1, -0.05) is 0 Å². The quantitative estimate of drug-likeness (QED) is 0.258. The molecule has 0 fully saturated rings. The Morgan fingerprint density at radius 1 is 2.00 bits per heavy atom. The monoisotopic (exact) mass is 140 g/mol. The predicted octanol–water partition coefficient (Wildman–Crippen LogP) is 0.636. The molecule has 10 heavy (non-hydrogen) atoms. The summed E-state index contributed by atoms with van der Waals surface area (Å²) in [4.78, 5) is 12.5. The van der Waals surface area contributed by atoms with Crippen LogP contribution < -0.4 is 0 Å². The van der Waals surface area contributed by atoms with E-state index >= 15 is 0 Å². The van der Waals surface area contributed by atoms with Gasteiger partial charge < -0.3 is 0 Å². The third-order valence-corrected chi connectivity index (χ3v) is 0.860. The third kappa shape index (κ3) is 2.83. The molecule has 2 N–H and O–H groups in total. The van der Waals surface area contributed by atoms with Gasteiger partial charge in [-0.05, 0) is 0 Å². The molecule has 0 spiro atoms. The van der Waals surface area contributed by atoms with Crippen molar-refractivity contribution in [1.29, 1.82) is 5.31 Å². The summed E-state index contributed by atoms with van der Waals surface area (Å²) in [6.45, 7) is -0.199. The number of aliphatic carboxylic acids is 1. The van der Waals surface area contributed by atoms with Crippen LogP contribution in [0.3, 0.4) is 0 Å². The van der Waals surface area contributed by atoms with Crippen LogP contribution in [0, 0.1) is 5.31 Å². The van der Waals surface area contributed by atoms with Crippen molar-refractivity contribution >= 4 is 13.0 Å². The molecule has 0 aliphatic rings. The maximum absolute atomic E-state index is 10.1. The van der Waals surface area contributed by atoms with E-state index in [1.54, 1.807) is 0 Å². The van der Waals surface area contributed by atoms with E-state index in [9.17, 15) is 4.79 Å². The van der Waals surface area contributed by atoms with E-state index in [0.717, 1.165) is 7.07 Å². The molecular formula is C3H5BN4O2. The van der Waals surface area contributed by atoms with Gasteiger partial charge in [-0.15, -0.1) is 0 Å². The molecule has 0 aromatic carbocycles. The standard InChI is InChI=1S/C3H5BN4O2/c5-4-2(3(9)10)1-7-8-6/h2,5H,1H2,(H,9,10). The molecule has 7 heteroatoms. The Kier molecular flexibility index (Phi) is 3.90. The molecule has 1 unspecified atom stereocenters. The van der Waals surface area contributed by atoms with Gasteiger partial charge in [0.15, 0.2) is 0 Å². The van der Waals surface area contributed by atoms with Crippen molar-refractivity contribution in [3.63, 3.8) is 0 Å². The summed E-state index contributed by atoms with van der Waals surface area (Å²) in [5.74, 6) is -2.14. The molecule has 0 amide bonds. The molecule has 0 aromatic heterocycles. The zero-order valence-electron chi connectivity index (χ0n) is 5.06. The van der Waals surface area contributed by atoms with Crippen molar-refractivity contribution in [2.45, 2.75) is 5.82 Å². The Bertz CT molecular complexity index is 187. The van der Waals surface area contributed by atoms with Crippen molar-refractivity contribution in [3.05, 3.63) is 10.4 Å². The minimum atomic E-state index is -1.15. The van der Waals surface area contributed by atoms with Gasteiger partial charge in [-0.2, -0.15) is 0 Å². The molecule has 0 radical (unpaired) electrons. The van der Waals surface area contributed by atoms with Gasteiger partial charge >= 0.3 is 56.2 Å². The van der Waals surface area contributed by atoms with Crippen LogP contribution in [0.5, 0.6) is 0 Å². The van der Waals surface area contributed by atoms with Gasteiger partial charge in [0.05, 0.1) is 0 Å². The Labute approximate surface area is 57.2 Å². The first-order chi connectivity index (χ1) is 4.72. The van der Waals surface area contributed by atoms with Crippen LogP contribution in [-0.4, -0.2) is 24.7 Å². The number of nitrogens with one attached hydrogen (secondary N) is 1. The normalized spacial score (nSPS) is 10.8. The van der Waals surface area contributed by atoms with Gasteiger partial charge in [0.25, 0.3) is 0 Å². The zero-order valence-corrected chi connectivity index (χ0v) is 5.06. The average molecular weight is 140 g/mol. The van der Waals surface area contributed by atoms with Crippen molar-refractivity contribution in [1.82, 2.24) is 0 Å². The fourth-order valence-electron chi connectivity index (χ4n) is 0.327. The molecule has 0 saturated carbocycles. The summed E-state index contributed by atoms with van der Waals surface area (Å²) in [5.41, 5.74) is 7.78. The number of nitrogens with zero attached hydrogens (tertiary/aromatic N) is 3. The van der Waals surface area contributed by atoms with E-state index in [1.165, 1.54) is 0 Å². The molecule has 6 nitrogen and oxygen atoms in total. The van der Waals surface area contributed by atoms with E-state index in [2.05, 4.69) is 10.0 Å². The molecule has 0 heterocycles. The zero-order chi connectivity index (χ0) is 7.98. The summed E-state index contributed by atoms with van der Waals surface area (Å²) in [6.07, 6.45) is 0.